The van der Waals surface area contributed by atoms with Crippen molar-refractivity contribution in [3.63, 3.8) is 0 Å². The lowest BCUT2D eigenvalue weighted by Gasteiger charge is -1.05. The molecule has 0 spiro atoms. The van der Waals surface area contributed by atoms with Gasteiger partial charge in [-0.25, -0.2) is 0 Å². The van der Waals surface area contributed by atoms with Crippen LogP contribution in [0.2, 0.25) is 0 Å². The highest BCUT2D eigenvalue weighted by molar-refractivity contribution is 4.52. The van der Waals surface area contributed by atoms with Gasteiger partial charge in [-0.3, -0.25) is 0 Å². The molecule has 0 nitrogen and oxygen atoms in total. The van der Waals surface area contributed by atoms with Crippen LogP contribution in [0.3, 0.4) is 0 Å². The SMILES string of the molecule is C1CC1.C1CC1.C1CC1.C1CC1.C1CC1.C1CC1.C1CC1.C1CC1. The Morgan fingerprint density at radius 3 is 0.125 bits per heavy atom. The van der Waals surface area contributed by atoms with Crippen molar-refractivity contribution in [1.82, 2.24) is 0 Å². The van der Waals surface area contributed by atoms with Crippen LogP contribution in [0.1, 0.15) is 154 Å². The van der Waals surface area contributed by atoms with Crippen LogP contribution < -0.4 is 0 Å². The van der Waals surface area contributed by atoms with E-state index in [2.05, 4.69) is 0 Å². The van der Waals surface area contributed by atoms with Crippen molar-refractivity contribution in [3.05, 3.63) is 0 Å². The Kier molecular flexibility index (Phi) is 17.7. The minimum Gasteiger partial charge on any atom is -0.0533 e. The third-order valence-electron chi connectivity index (χ3n) is 2.83. The quantitative estimate of drug-likeness (QED) is 0.413. The maximum Gasteiger partial charge on any atom is -0.0533 e. The summed E-state index contributed by atoms with van der Waals surface area (Å²) < 4.78 is 0. The molecule has 0 saturated heterocycles. The second-order valence-corrected chi connectivity index (χ2v) is 8.49. The number of hydrogen-bond donors (Lipinski definition) is 0. The van der Waals surface area contributed by atoms with Gasteiger partial charge in [0.15, 0.2) is 0 Å². The summed E-state index contributed by atoms with van der Waals surface area (Å²) in [4.78, 5) is 0. The topological polar surface area (TPSA) is 0 Å². The molecule has 0 bridgehead atoms. The van der Waals surface area contributed by atoms with E-state index in [1.54, 1.807) is 0 Å². The van der Waals surface area contributed by atoms with Crippen LogP contribution in [0.15, 0.2) is 0 Å². The zero-order chi connectivity index (χ0) is 17.0. The van der Waals surface area contributed by atoms with E-state index in [4.69, 9.17) is 0 Å². The molecule has 0 aromatic heterocycles. The van der Waals surface area contributed by atoms with Gasteiger partial charge in [0, 0.05) is 0 Å². The predicted octanol–water partition coefficient (Wildman–Crippen LogP) is 9.36. The first kappa shape index (κ1) is 22.0. The highest BCUT2D eigenvalue weighted by atomic mass is 14.0. The van der Waals surface area contributed by atoms with Crippen molar-refractivity contribution < 1.29 is 0 Å². The largest absolute Gasteiger partial charge is 0.0533 e. The van der Waals surface area contributed by atoms with E-state index in [0.717, 1.165) is 0 Å². The summed E-state index contributed by atoms with van der Waals surface area (Å²) in [5.41, 5.74) is 0. The molecule has 0 heterocycles. The molecule has 0 amide bonds. The fraction of sp³-hybridized carbons (Fsp3) is 1.00. The molecule has 0 heteroatoms. The van der Waals surface area contributed by atoms with Gasteiger partial charge in [-0.15, -0.1) is 0 Å². The maximum absolute atomic E-state index is 1.50. The van der Waals surface area contributed by atoms with Gasteiger partial charge in [0.1, 0.15) is 0 Å². The van der Waals surface area contributed by atoms with Crippen molar-refractivity contribution in [2.45, 2.75) is 154 Å². The first-order valence-corrected chi connectivity index (χ1v) is 12.0. The molecular weight excluding hydrogens is 288 g/mol. The van der Waals surface area contributed by atoms with Crippen molar-refractivity contribution in [2.75, 3.05) is 0 Å². The molecule has 8 rings (SSSR count). The minimum atomic E-state index is 1.50. The molecule has 8 aliphatic carbocycles. The lowest BCUT2D eigenvalue weighted by atomic mass is 11.0. The van der Waals surface area contributed by atoms with E-state index in [1.807, 2.05) is 0 Å². The van der Waals surface area contributed by atoms with Crippen LogP contribution in [0.25, 0.3) is 0 Å². The van der Waals surface area contributed by atoms with Crippen LogP contribution in [0, 0.1) is 0 Å². The van der Waals surface area contributed by atoms with Crippen molar-refractivity contribution in [2.24, 2.45) is 0 Å². The van der Waals surface area contributed by atoms with E-state index < -0.39 is 0 Å². The molecule has 8 saturated carbocycles. The molecule has 144 valence electrons. The van der Waals surface area contributed by atoms with Crippen LogP contribution in [0.4, 0.5) is 0 Å². The molecule has 0 aliphatic heterocycles. The Balaban J connectivity index is 0.000000137. The number of rotatable bonds is 0. The van der Waals surface area contributed by atoms with Gasteiger partial charge in [-0.1, -0.05) is 154 Å². The molecule has 0 aromatic rings. The van der Waals surface area contributed by atoms with Crippen molar-refractivity contribution in [3.8, 4) is 0 Å². The Labute approximate surface area is 154 Å². The maximum atomic E-state index is 1.50. The molecular formula is C24H48. The third kappa shape index (κ3) is 152. The van der Waals surface area contributed by atoms with Gasteiger partial charge in [0.25, 0.3) is 0 Å². The third-order valence-corrected chi connectivity index (χ3v) is 2.83. The molecule has 0 N–H and O–H groups in total. The lowest BCUT2D eigenvalue weighted by Crippen LogP contribution is -0.856. The molecule has 8 fully saturated rings. The summed E-state index contributed by atoms with van der Waals surface area (Å²) in [6.45, 7) is 0. The zero-order valence-electron chi connectivity index (χ0n) is 17.0. The van der Waals surface area contributed by atoms with E-state index in [0.29, 0.717) is 0 Å². The van der Waals surface area contributed by atoms with Gasteiger partial charge in [-0.2, -0.15) is 0 Å². The van der Waals surface area contributed by atoms with Crippen LogP contribution >= 0.6 is 0 Å². The number of hydrogen-bond acceptors (Lipinski definition) is 0. The summed E-state index contributed by atoms with van der Waals surface area (Å²) in [5.74, 6) is 0. The predicted molar refractivity (Wildman–Crippen MR) is 111 cm³/mol. The first-order valence-electron chi connectivity index (χ1n) is 12.0. The van der Waals surface area contributed by atoms with Gasteiger partial charge < -0.3 is 0 Å². The standard InChI is InChI=1S/8C3H6/c8*1-2-3-1/h8*1-3H2. The lowest BCUT2D eigenvalue weighted by molar-refractivity contribution is 1.50. The normalized spacial score (nSPS) is 24.0. The monoisotopic (exact) mass is 336 g/mol. The summed E-state index contributed by atoms with van der Waals surface area (Å²) >= 11 is 0. The van der Waals surface area contributed by atoms with Crippen LogP contribution in [-0.2, 0) is 0 Å². The molecule has 0 aromatic carbocycles. The Morgan fingerprint density at radius 2 is 0.125 bits per heavy atom. The Hall–Kier alpha value is 0. The Bertz CT molecular complexity index is 110. The second-order valence-electron chi connectivity index (χ2n) is 8.49. The molecule has 0 atom stereocenters. The molecule has 0 radical (unpaired) electrons. The minimum absolute atomic E-state index is 1.50. The van der Waals surface area contributed by atoms with Gasteiger partial charge in [-0.05, 0) is 0 Å². The summed E-state index contributed by atoms with van der Waals surface area (Å²) in [6.07, 6.45) is 36.0. The van der Waals surface area contributed by atoms with Crippen LogP contribution in [0.5, 0.6) is 0 Å². The van der Waals surface area contributed by atoms with E-state index >= 15 is 0 Å². The van der Waals surface area contributed by atoms with Crippen LogP contribution in [-0.4, -0.2) is 0 Å². The molecule has 24 heavy (non-hydrogen) atoms. The van der Waals surface area contributed by atoms with Gasteiger partial charge in [0.05, 0.1) is 0 Å². The smallest absolute Gasteiger partial charge is 0.0533 e. The first-order chi connectivity index (χ1) is 12.0. The van der Waals surface area contributed by atoms with E-state index in [1.165, 1.54) is 154 Å². The Morgan fingerprint density at radius 1 is 0.0833 bits per heavy atom. The zero-order valence-corrected chi connectivity index (χ0v) is 17.0. The molecule has 8 aliphatic rings. The second kappa shape index (κ2) is 19.3. The van der Waals surface area contributed by atoms with Gasteiger partial charge in [0.2, 0.25) is 0 Å². The fourth-order valence-corrected chi connectivity index (χ4v) is 0. The van der Waals surface area contributed by atoms with E-state index in [9.17, 15) is 0 Å². The van der Waals surface area contributed by atoms with E-state index in [-0.39, 0.29) is 0 Å². The average molecular weight is 337 g/mol. The van der Waals surface area contributed by atoms with Crippen molar-refractivity contribution >= 4 is 0 Å². The fourth-order valence-electron chi connectivity index (χ4n) is 0. The molecule has 0 unspecified atom stereocenters. The summed E-state index contributed by atoms with van der Waals surface area (Å²) in [5, 5.41) is 0. The summed E-state index contributed by atoms with van der Waals surface area (Å²) in [6, 6.07) is 0. The van der Waals surface area contributed by atoms with Gasteiger partial charge >= 0.3 is 0 Å². The highest BCUT2D eigenvalue weighted by Crippen LogP contribution is 2.17. The van der Waals surface area contributed by atoms with Crippen molar-refractivity contribution in [1.29, 1.82) is 0 Å². The highest BCUT2D eigenvalue weighted by Gasteiger charge is 1.97. The summed E-state index contributed by atoms with van der Waals surface area (Å²) in [7, 11) is 0. The average Bonchev–Trinajstić information content (AvgIpc) is 3.57.